The van der Waals surface area contributed by atoms with Gasteiger partial charge in [-0.2, -0.15) is 0 Å². The standard InChI is InChI=1S/C10H15ClN2O3S/c1-8(2)16-5-6-17(14,15)13-9-3-4-10(11)12-7-9/h3-4,7-8,13H,5-6H2,1-2H3. The third kappa shape index (κ3) is 5.86. The number of nitrogens with one attached hydrogen (secondary N) is 1. The van der Waals surface area contributed by atoms with Gasteiger partial charge in [0.15, 0.2) is 0 Å². The molecule has 7 heteroatoms. The van der Waals surface area contributed by atoms with Gasteiger partial charge in [-0.3, -0.25) is 4.72 Å². The van der Waals surface area contributed by atoms with Crippen molar-refractivity contribution in [2.45, 2.75) is 20.0 Å². The van der Waals surface area contributed by atoms with Crippen molar-refractivity contribution in [3.63, 3.8) is 0 Å². The number of sulfonamides is 1. The van der Waals surface area contributed by atoms with Crippen LogP contribution in [0.3, 0.4) is 0 Å². The van der Waals surface area contributed by atoms with E-state index >= 15 is 0 Å². The molecule has 0 bridgehead atoms. The quantitative estimate of drug-likeness (QED) is 0.807. The maximum absolute atomic E-state index is 11.6. The average molecular weight is 279 g/mol. The lowest BCUT2D eigenvalue weighted by molar-refractivity contribution is 0.0913. The molecule has 0 saturated carbocycles. The number of hydrogen-bond acceptors (Lipinski definition) is 4. The fraction of sp³-hybridized carbons (Fsp3) is 0.500. The number of aromatic nitrogens is 1. The Morgan fingerprint density at radius 1 is 1.47 bits per heavy atom. The lowest BCUT2D eigenvalue weighted by Gasteiger charge is -2.09. The minimum absolute atomic E-state index is 0.0161. The first-order valence-corrected chi connectivity index (χ1v) is 7.16. The molecule has 5 nitrogen and oxygen atoms in total. The van der Waals surface area contributed by atoms with Crippen molar-refractivity contribution in [2.24, 2.45) is 0 Å². The Balaban J connectivity index is 2.52. The number of hydrogen-bond donors (Lipinski definition) is 1. The third-order valence-electron chi connectivity index (χ3n) is 1.80. The zero-order chi connectivity index (χ0) is 12.9. The van der Waals surface area contributed by atoms with Crippen LogP contribution in [0.5, 0.6) is 0 Å². The van der Waals surface area contributed by atoms with Crippen LogP contribution in [0, 0.1) is 0 Å². The van der Waals surface area contributed by atoms with Gasteiger partial charge in [0.1, 0.15) is 5.15 Å². The van der Waals surface area contributed by atoms with E-state index in [2.05, 4.69) is 9.71 Å². The van der Waals surface area contributed by atoms with Gasteiger partial charge >= 0.3 is 0 Å². The average Bonchev–Trinajstić information content (AvgIpc) is 2.20. The molecule has 0 fully saturated rings. The van der Waals surface area contributed by atoms with Crippen molar-refractivity contribution < 1.29 is 13.2 Å². The molecule has 0 amide bonds. The number of ether oxygens (including phenoxy) is 1. The van der Waals surface area contributed by atoms with Crippen molar-refractivity contribution in [3.05, 3.63) is 23.5 Å². The number of nitrogens with zero attached hydrogens (tertiary/aromatic N) is 1. The smallest absolute Gasteiger partial charge is 0.235 e. The van der Waals surface area contributed by atoms with Gasteiger partial charge in [0.2, 0.25) is 10.0 Å². The summed E-state index contributed by atoms with van der Waals surface area (Å²) in [4.78, 5) is 3.78. The lowest BCUT2D eigenvalue weighted by Crippen LogP contribution is -2.21. The van der Waals surface area contributed by atoms with E-state index in [-0.39, 0.29) is 18.5 Å². The number of pyridine rings is 1. The molecule has 1 rings (SSSR count). The summed E-state index contributed by atoms with van der Waals surface area (Å²) < 4.78 is 30.8. The fourth-order valence-corrected chi connectivity index (χ4v) is 2.07. The van der Waals surface area contributed by atoms with Gasteiger partial charge in [-0.25, -0.2) is 13.4 Å². The van der Waals surface area contributed by atoms with E-state index in [0.717, 1.165) is 0 Å². The van der Waals surface area contributed by atoms with E-state index in [1.165, 1.54) is 12.3 Å². The highest BCUT2D eigenvalue weighted by atomic mass is 35.5. The fourth-order valence-electron chi connectivity index (χ4n) is 1.06. The summed E-state index contributed by atoms with van der Waals surface area (Å²) in [5.41, 5.74) is 0.388. The second kappa shape index (κ2) is 6.18. The predicted molar refractivity (Wildman–Crippen MR) is 67.7 cm³/mol. The van der Waals surface area contributed by atoms with Crippen LogP contribution in [0.25, 0.3) is 0 Å². The topological polar surface area (TPSA) is 68.3 Å². The molecule has 17 heavy (non-hydrogen) atoms. The number of halogens is 1. The van der Waals surface area contributed by atoms with Crippen LogP contribution >= 0.6 is 11.6 Å². The summed E-state index contributed by atoms with van der Waals surface area (Å²) in [6.45, 7) is 3.86. The van der Waals surface area contributed by atoms with Gasteiger partial charge in [-0.1, -0.05) is 11.6 Å². The van der Waals surface area contributed by atoms with Crippen LogP contribution in [-0.2, 0) is 14.8 Å². The Bertz CT molecular complexity index is 445. The van der Waals surface area contributed by atoms with Crippen molar-refractivity contribution in [3.8, 4) is 0 Å². The van der Waals surface area contributed by atoms with Crippen LogP contribution in [0.4, 0.5) is 5.69 Å². The normalized spacial score (nSPS) is 11.8. The molecular weight excluding hydrogens is 264 g/mol. The second-order valence-electron chi connectivity index (χ2n) is 3.71. The molecule has 0 spiro atoms. The van der Waals surface area contributed by atoms with Crippen molar-refractivity contribution in [1.29, 1.82) is 0 Å². The minimum atomic E-state index is -3.40. The van der Waals surface area contributed by atoms with Crippen LogP contribution < -0.4 is 4.72 Å². The van der Waals surface area contributed by atoms with Crippen LogP contribution in [0.2, 0.25) is 5.15 Å². The Hall–Kier alpha value is -0.850. The monoisotopic (exact) mass is 278 g/mol. The molecule has 0 atom stereocenters. The highest BCUT2D eigenvalue weighted by molar-refractivity contribution is 7.92. The molecule has 0 radical (unpaired) electrons. The Kier molecular flexibility index (Phi) is 5.17. The molecular formula is C10H15ClN2O3S. The zero-order valence-electron chi connectivity index (χ0n) is 9.68. The van der Waals surface area contributed by atoms with Gasteiger partial charge in [0.25, 0.3) is 0 Å². The summed E-state index contributed by atoms with van der Waals surface area (Å²) in [5.74, 6) is -0.0895. The molecule has 0 aliphatic heterocycles. The van der Waals surface area contributed by atoms with E-state index in [4.69, 9.17) is 16.3 Å². The van der Waals surface area contributed by atoms with Crippen molar-refractivity contribution >= 4 is 27.3 Å². The summed E-state index contributed by atoms with van der Waals surface area (Å²) in [6.07, 6.45) is 1.38. The molecule has 96 valence electrons. The van der Waals surface area contributed by atoms with Gasteiger partial charge < -0.3 is 4.74 Å². The zero-order valence-corrected chi connectivity index (χ0v) is 11.3. The molecule has 1 aromatic heterocycles. The molecule has 1 aromatic rings. The number of rotatable bonds is 6. The van der Waals surface area contributed by atoms with E-state index in [9.17, 15) is 8.42 Å². The first kappa shape index (κ1) is 14.2. The molecule has 1 heterocycles. The van der Waals surface area contributed by atoms with Crippen LogP contribution in [0.15, 0.2) is 18.3 Å². The Labute approximate surface area is 106 Å². The van der Waals surface area contributed by atoms with E-state index < -0.39 is 10.0 Å². The van der Waals surface area contributed by atoms with Gasteiger partial charge in [0.05, 0.1) is 30.3 Å². The van der Waals surface area contributed by atoms with Crippen LogP contribution in [0.1, 0.15) is 13.8 Å². The van der Waals surface area contributed by atoms with Crippen molar-refractivity contribution in [1.82, 2.24) is 4.98 Å². The lowest BCUT2D eigenvalue weighted by atomic mass is 10.4. The van der Waals surface area contributed by atoms with Gasteiger partial charge in [-0.15, -0.1) is 0 Å². The first-order valence-electron chi connectivity index (χ1n) is 5.13. The van der Waals surface area contributed by atoms with E-state index in [1.54, 1.807) is 6.07 Å². The molecule has 0 aromatic carbocycles. The summed E-state index contributed by atoms with van der Waals surface area (Å²) in [6, 6.07) is 3.07. The summed E-state index contributed by atoms with van der Waals surface area (Å²) >= 11 is 5.59. The highest BCUT2D eigenvalue weighted by Gasteiger charge is 2.10. The SMILES string of the molecule is CC(C)OCCS(=O)(=O)Nc1ccc(Cl)nc1. The summed E-state index contributed by atoms with van der Waals surface area (Å²) in [7, 11) is -3.40. The maximum atomic E-state index is 11.6. The molecule has 1 N–H and O–H groups in total. The maximum Gasteiger partial charge on any atom is 0.235 e. The van der Waals surface area contributed by atoms with Gasteiger partial charge in [0, 0.05) is 0 Å². The largest absolute Gasteiger partial charge is 0.378 e. The minimum Gasteiger partial charge on any atom is -0.378 e. The first-order chi connectivity index (χ1) is 7.89. The van der Waals surface area contributed by atoms with Crippen LogP contribution in [-0.4, -0.2) is 31.9 Å². The van der Waals surface area contributed by atoms with Crippen molar-refractivity contribution in [2.75, 3.05) is 17.1 Å². The van der Waals surface area contributed by atoms with E-state index in [1.807, 2.05) is 13.8 Å². The Morgan fingerprint density at radius 3 is 2.71 bits per heavy atom. The van der Waals surface area contributed by atoms with Gasteiger partial charge in [-0.05, 0) is 26.0 Å². The predicted octanol–water partition coefficient (Wildman–Crippen LogP) is 1.90. The third-order valence-corrected chi connectivity index (χ3v) is 3.28. The molecule has 0 unspecified atom stereocenters. The highest BCUT2D eigenvalue weighted by Crippen LogP contribution is 2.11. The Morgan fingerprint density at radius 2 is 2.18 bits per heavy atom. The summed E-state index contributed by atoms with van der Waals surface area (Å²) in [5, 5.41) is 0.316. The number of anilines is 1. The molecule has 0 aliphatic rings. The second-order valence-corrected chi connectivity index (χ2v) is 5.94. The molecule has 0 aliphatic carbocycles. The molecule has 0 saturated heterocycles. The van der Waals surface area contributed by atoms with E-state index in [0.29, 0.717) is 10.8 Å².